The Balaban J connectivity index is 0.00000676. The Kier molecular flexibility index (Phi) is 16.4. The van der Waals surface area contributed by atoms with Crippen molar-refractivity contribution in [2.24, 2.45) is 0 Å². The van der Waals surface area contributed by atoms with Crippen LogP contribution in [0.1, 0.15) is 84.0 Å². The number of ether oxygens (including phenoxy) is 1. The second kappa shape index (κ2) is 16.6. The number of carbonyl (C=O) groups excluding carboxylic acids is 2. The molecule has 1 amide bonds. The summed E-state index contributed by atoms with van der Waals surface area (Å²) in [5.74, 6) is 0.0693. The van der Waals surface area contributed by atoms with Gasteiger partial charge in [0.05, 0.1) is 19.3 Å². The number of likely N-dealkylation sites (tertiary alicyclic amines) is 1. The standard InChI is InChI=1S/C21H37NO4.Na/c1-3-4-7-12-19(23)16-15-18-11-10-13-20(24)22(18)17-9-6-5-8-14-21(25)26-2;/h15-16,18-19,23H,3-14,17H2,1-2H3;/b16-15+;/t18-,19?;/m1./s1. The van der Waals surface area contributed by atoms with Gasteiger partial charge in [-0.15, -0.1) is 0 Å². The predicted octanol–water partition coefficient (Wildman–Crippen LogP) is 3.61. The number of unbranched alkanes of at least 4 members (excludes halogenated alkanes) is 5. The van der Waals surface area contributed by atoms with Crippen LogP contribution in [0.5, 0.6) is 0 Å². The summed E-state index contributed by atoms with van der Waals surface area (Å²) in [4.78, 5) is 25.3. The first-order valence-corrected chi connectivity index (χ1v) is 10.3. The van der Waals surface area contributed by atoms with E-state index in [9.17, 15) is 14.7 Å². The second-order valence-electron chi connectivity index (χ2n) is 7.24. The maximum Gasteiger partial charge on any atom is 0.305 e. The SMILES string of the molecule is CCCCCC(O)/C=C/[C@H]1CCCC(=O)N1CCCCCCC(=O)OC.[Na]. The number of carbonyl (C=O) groups is 2. The van der Waals surface area contributed by atoms with Crippen LogP contribution in [0.4, 0.5) is 0 Å². The third-order valence-electron chi connectivity index (χ3n) is 5.03. The molecule has 6 heteroatoms. The summed E-state index contributed by atoms with van der Waals surface area (Å²) in [6.07, 6.45) is 14.4. The Morgan fingerprint density at radius 2 is 2.00 bits per heavy atom. The van der Waals surface area contributed by atoms with Crippen LogP contribution in [0.2, 0.25) is 0 Å². The smallest absolute Gasteiger partial charge is 0.305 e. The fraction of sp³-hybridized carbons (Fsp3) is 0.810. The topological polar surface area (TPSA) is 66.8 Å². The Morgan fingerprint density at radius 3 is 2.70 bits per heavy atom. The number of rotatable bonds is 13. The van der Waals surface area contributed by atoms with Crippen molar-refractivity contribution in [2.75, 3.05) is 13.7 Å². The zero-order valence-electron chi connectivity index (χ0n) is 17.6. The van der Waals surface area contributed by atoms with Gasteiger partial charge in [0.2, 0.25) is 5.91 Å². The molecule has 1 unspecified atom stereocenters. The van der Waals surface area contributed by atoms with Crippen molar-refractivity contribution in [3.05, 3.63) is 12.2 Å². The fourth-order valence-electron chi connectivity index (χ4n) is 3.40. The normalized spacial score (nSPS) is 18.4. The van der Waals surface area contributed by atoms with Gasteiger partial charge >= 0.3 is 5.97 Å². The average Bonchev–Trinajstić information content (AvgIpc) is 2.64. The van der Waals surface area contributed by atoms with Crippen LogP contribution < -0.4 is 0 Å². The van der Waals surface area contributed by atoms with E-state index in [4.69, 9.17) is 0 Å². The quantitative estimate of drug-likeness (QED) is 0.226. The van der Waals surface area contributed by atoms with Crippen molar-refractivity contribution in [3.8, 4) is 0 Å². The van der Waals surface area contributed by atoms with E-state index in [1.54, 1.807) is 0 Å². The number of hydrogen-bond donors (Lipinski definition) is 1. The summed E-state index contributed by atoms with van der Waals surface area (Å²) in [6.45, 7) is 2.92. The molecule has 0 aromatic heterocycles. The molecule has 0 bridgehead atoms. The third kappa shape index (κ3) is 11.9. The number of methoxy groups -OCH3 is 1. The molecule has 1 rings (SSSR count). The minimum atomic E-state index is -0.404. The van der Waals surface area contributed by atoms with Crippen LogP contribution in [-0.2, 0) is 14.3 Å². The van der Waals surface area contributed by atoms with Crippen LogP contribution in [0.3, 0.4) is 0 Å². The minimum Gasteiger partial charge on any atom is -0.469 e. The molecular weight excluding hydrogens is 353 g/mol. The van der Waals surface area contributed by atoms with Crippen molar-refractivity contribution in [1.82, 2.24) is 4.90 Å². The first-order valence-electron chi connectivity index (χ1n) is 10.3. The molecule has 151 valence electrons. The van der Waals surface area contributed by atoms with E-state index in [-0.39, 0.29) is 47.5 Å². The number of aliphatic hydroxyl groups is 1. The van der Waals surface area contributed by atoms with Gasteiger partial charge in [-0.3, -0.25) is 9.59 Å². The van der Waals surface area contributed by atoms with E-state index in [0.29, 0.717) is 12.8 Å². The molecule has 0 saturated carbocycles. The van der Waals surface area contributed by atoms with Crippen molar-refractivity contribution in [2.45, 2.75) is 96.1 Å². The van der Waals surface area contributed by atoms with Gasteiger partial charge in [0, 0.05) is 48.9 Å². The Bertz CT molecular complexity index is 442. The van der Waals surface area contributed by atoms with E-state index in [1.165, 1.54) is 7.11 Å². The van der Waals surface area contributed by atoms with Crippen LogP contribution in [0.15, 0.2) is 12.2 Å². The van der Waals surface area contributed by atoms with Crippen LogP contribution in [0.25, 0.3) is 0 Å². The molecular formula is C21H37NNaO4. The van der Waals surface area contributed by atoms with Gasteiger partial charge in [-0.2, -0.15) is 0 Å². The molecule has 0 spiro atoms. The number of piperidine rings is 1. The zero-order valence-corrected chi connectivity index (χ0v) is 19.6. The van der Waals surface area contributed by atoms with Gasteiger partial charge in [-0.05, 0) is 32.1 Å². The molecule has 1 aliphatic rings. The first kappa shape index (κ1) is 26.6. The van der Waals surface area contributed by atoms with Crippen molar-refractivity contribution >= 4 is 41.4 Å². The summed E-state index contributed by atoms with van der Waals surface area (Å²) in [5, 5.41) is 10.1. The molecule has 0 aromatic rings. The van der Waals surface area contributed by atoms with E-state index in [2.05, 4.69) is 11.7 Å². The predicted molar refractivity (Wildman–Crippen MR) is 109 cm³/mol. The largest absolute Gasteiger partial charge is 0.469 e. The van der Waals surface area contributed by atoms with Crippen molar-refractivity contribution in [1.29, 1.82) is 0 Å². The second-order valence-corrected chi connectivity index (χ2v) is 7.24. The summed E-state index contributed by atoms with van der Waals surface area (Å²) in [5.41, 5.74) is 0. The molecule has 2 atom stereocenters. The van der Waals surface area contributed by atoms with Gasteiger partial charge in [0.15, 0.2) is 0 Å². The van der Waals surface area contributed by atoms with E-state index >= 15 is 0 Å². The maximum absolute atomic E-state index is 12.3. The van der Waals surface area contributed by atoms with Gasteiger partial charge in [-0.25, -0.2) is 0 Å². The number of nitrogens with zero attached hydrogens (tertiary/aromatic N) is 1. The number of hydrogen-bond acceptors (Lipinski definition) is 4. The molecule has 1 heterocycles. The molecule has 0 aliphatic carbocycles. The monoisotopic (exact) mass is 390 g/mol. The van der Waals surface area contributed by atoms with Crippen molar-refractivity contribution in [3.63, 3.8) is 0 Å². The summed E-state index contributed by atoms with van der Waals surface area (Å²) in [6, 6.07) is 0.118. The number of amides is 1. The van der Waals surface area contributed by atoms with E-state index in [0.717, 1.165) is 70.8 Å². The molecule has 1 radical (unpaired) electrons. The van der Waals surface area contributed by atoms with Gasteiger partial charge in [0.25, 0.3) is 0 Å². The number of aliphatic hydroxyl groups excluding tert-OH is 1. The van der Waals surface area contributed by atoms with Crippen molar-refractivity contribution < 1.29 is 19.4 Å². The fourth-order valence-corrected chi connectivity index (χ4v) is 3.40. The molecule has 1 aliphatic heterocycles. The third-order valence-corrected chi connectivity index (χ3v) is 5.03. The van der Waals surface area contributed by atoms with Gasteiger partial charge < -0.3 is 14.7 Å². The van der Waals surface area contributed by atoms with Crippen LogP contribution in [-0.4, -0.2) is 77.2 Å². The zero-order chi connectivity index (χ0) is 19.2. The summed E-state index contributed by atoms with van der Waals surface area (Å²) >= 11 is 0. The van der Waals surface area contributed by atoms with Crippen LogP contribution in [0, 0.1) is 0 Å². The van der Waals surface area contributed by atoms with Crippen LogP contribution >= 0.6 is 0 Å². The molecule has 5 nitrogen and oxygen atoms in total. The maximum atomic E-state index is 12.3. The molecule has 1 fully saturated rings. The molecule has 1 saturated heterocycles. The molecule has 27 heavy (non-hydrogen) atoms. The van der Waals surface area contributed by atoms with Gasteiger partial charge in [0.1, 0.15) is 0 Å². The summed E-state index contributed by atoms with van der Waals surface area (Å²) < 4.78 is 4.64. The summed E-state index contributed by atoms with van der Waals surface area (Å²) in [7, 11) is 1.42. The van der Waals surface area contributed by atoms with Gasteiger partial charge in [-0.1, -0.05) is 51.2 Å². The van der Waals surface area contributed by atoms with E-state index < -0.39 is 6.10 Å². The molecule has 1 N–H and O–H groups in total. The minimum absolute atomic E-state index is 0. The average molecular weight is 391 g/mol. The number of esters is 1. The first-order chi connectivity index (χ1) is 12.6. The van der Waals surface area contributed by atoms with E-state index in [1.807, 2.05) is 17.1 Å². The Hall–Kier alpha value is -0.360. The Labute approximate surface area is 187 Å². The molecule has 0 aromatic carbocycles. The Morgan fingerprint density at radius 1 is 1.26 bits per heavy atom.